The third-order valence-corrected chi connectivity index (χ3v) is 2.78. The number of carbonyl (C=O) groups excluding carboxylic acids is 1. The van der Waals surface area contributed by atoms with Gasteiger partial charge in [0.1, 0.15) is 30.9 Å². The van der Waals surface area contributed by atoms with Crippen LogP contribution < -0.4 is 9.64 Å². The van der Waals surface area contributed by atoms with Gasteiger partial charge in [0.25, 0.3) is 0 Å². The van der Waals surface area contributed by atoms with Gasteiger partial charge in [-0.15, -0.1) is 5.10 Å². The maximum absolute atomic E-state index is 13.8. The van der Waals surface area contributed by atoms with E-state index in [1.807, 2.05) is 0 Å². The highest BCUT2D eigenvalue weighted by atomic mass is 19.1. The van der Waals surface area contributed by atoms with E-state index in [2.05, 4.69) is 15.5 Å². The number of hydrogen-bond acceptors (Lipinski definition) is 5. The number of tetrazole rings is 1. The molecule has 8 heteroatoms. The van der Waals surface area contributed by atoms with E-state index in [4.69, 9.17) is 4.74 Å². The first-order valence-electron chi connectivity index (χ1n) is 5.68. The van der Waals surface area contributed by atoms with E-state index in [1.54, 1.807) is 12.1 Å². The summed E-state index contributed by atoms with van der Waals surface area (Å²) in [6.45, 7) is 0.591. The first-order valence-corrected chi connectivity index (χ1v) is 5.68. The zero-order valence-corrected chi connectivity index (χ0v) is 9.86. The monoisotopic (exact) mass is 263 g/mol. The van der Waals surface area contributed by atoms with E-state index in [0.29, 0.717) is 18.9 Å². The second-order valence-corrected chi connectivity index (χ2v) is 3.99. The maximum Gasteiger partial charge on any atom is 0.249 e. The van der Waals surface area contributed by atoms with Crippen LogP contribution in [0.1, 0.15) is 0 Å². The van der Waals surface area contributed by atoms with Crippen molar-refractivity contribution in [2.75, 3.05) is 18.1 Å². The maximum atomic E-state index is 13.8. The largest absolute Gasteiger partial charge is 0.489 e. The number of nitrogens with zero attached hydrogens (tertiary/aromatic N) is 5. The first-order chi connectivity index (χ1) is 9.25. The highest BCUT2D eigenvalue weighted by Gasteiger charge is 2.27. The van der Waals surface area contributed by atoms with Gasteiger partial charge >= 0.3 is 0 Å². The van der Waals surface area contributed by atoms with Crippen molar-refractivity contribution in [2.45, 2.75) is 6.54 Å². The van der Waals surface area contributed by atoms with Gasteiger partial charge in [-0.05, 0) is 22.6 Å². The number of rotatable bonds is 2. The van der Waals surface area contributed by atoms with Gasteiger partial charge < -0.3 is 9.64 Å². The molecule has 0 saturated heterocycles. The summed E-state index contributed by atoms with van der Waals surface area (Å²) in [7, 11) is 0. The third-order valence-electron chi connectivity index (χ3n) is 2.78. The van der Waals surface area contributed by atoms with E-state index in [1.165, 1.54) is 22.0 Å². The minimum absolute atomic E-state index is 0.0409. The highest BCUT2D eigenvalue weighted by Crippen LogP contribution is 2.34. The number of para-hydroxylation sites is 1. The Kier molecular flexibility index (Phi) is 2.82. The van der Waals surface area contributed by atoms with Crippen molar-refractivity contribution in [3.05, 3.63) is 30.3 Å². The van der Waals surface area contributed by atoms with Crippen molar-refractivity contribution < 1.29 is 13.9 Å². The predicted molar refractivity (Wildman–Crippen MR) is 62.1 cm³/mol. The fraction of sp³-hybridized carbons (Fsp3) is 0.273. The smallest absolute Gasteiger partial charge is 0.249 e. The second-order valence-electron chi connectivity index (χ2n) is 3.99. The fourth-order valence-corrected chi connectivity index (χ4v) is 1.96. The van der Waals surface area contributed by atoms with Crippen molar-refractivity contribution in [1.29, 1.82) is 0 Å². The van der Waals surface area contributed by atoms with Gasteiger partial charge in [0.05, 0.1) is 6.54 Å². The molecule has 0 aliphatic carbocycles. The molecule has 2 aromatic rings. The molecule has 0 fully saturated rings. The molecule has 0 N–H and O–H groups in total. The topological polar surface area (TPSA) is 73.1 Å². The van der Waals surface area contributed by atoms with E-state index in [0.717, 1.165) is 0 Å². The molecule has 1 aromatic heterocycles. The predicted octanol–water partition coefficient (Wildman–Crippen LogP) is 0.238. The second kappa shape index (κ2) is 4.63. The SMILES string of the molecule is O=C(Cn1cnnn1)N1CCOc2cccc(F)c21. The Labute approximate surface area is 107 Å². The van der Waals surface area contributed by atoms with Gasteiger partial charge in [0.2, 0.25) is 5.91 Å². The number of ether oxygens (including phenoxy) is 1. The molecular weight excluding hydrogens is 253 g/mol. The number of halogens is 1. The molecule has 7 nitrogen and oxygen atoms in total. The Morgan fingerprint density at radius 2 is 2.37 bits per heavy atom. The van der Waals surface area contributed by atoms with E-state index in [9.17, 15) is 9.18 Å². The number of hydrogen-bond donors (Lipinski definition) is 0. The third kappa shape index (κ3) is 2.12. The van der Waals surface area contributed by atoms with Gasteiger partial charge in [-0.3, -0.25) is 4.79 Å². The molecule has 1 aliphatic rings. The molecule has 0 unspecified atom stereocenters. The molecule has 3 rings (SSSR count). The molecule has 98 valence electrons. The molecule has 1 amide bonds. The van der Waals surface area contributed by atoms with Crippen molar-refractivity contribution in [3.8, 4) is 5.75 Å². The zero-order valence-electron chi connectivity index (χ0n) is 9.86. The summed E-state index contributed by atoms with van der Waals surface area (Å²) in [5.41, 5.74) is 0.173. The Morgan fingerprint density at radius 3 is 3.16 bits per heavy atom. The summed E-state index contributed by atoms with van der Waals surface area (Å²) >= 11 is 0. The number of benzene rings is 1. The Bertz CT molecular complexity index is 601. The Hall–Kier alpha value is -2.51. The van der Waals surface area contributed by atoms with Gasteiger partial charge in [0.15, 0.2) is 5.82 Å². The highest BCUT2D eigenvalue weighted by molar-refractivity contribution is 5.95. The lowest BCUT2D eigenvalue weighted by Gasteiger charge is -2.29. The lowest BCUT2D eigenvalue weighted by Crippen LogP contribution is -2.40. The van der Waals surface area contributed by atoms with Crippen LogP contribution in [0.3, 0.4) is 0 Å². The number of carbonyl (C=O) groups is 1. The lowest BCUT2D eigenvalue weighted by atomic mass is 10.2. The molecule has 0 radical (unpaired) electrons. The molecule has 0 bridgehead atoms. The van der Waals surface area contributed by atoms with E-state index >= 15 is 0 Å². The zero-order chi connectivity index (χ0) is 13.2. The number of anilines is 1. The van der Waals surface area contributed by atoms with Crippen molar-refractivity contribution in [2.24, 2.45) is 0 Å². The van der Waals surface area contributed by atoms with Crippen LogP contribution >= 0.6 is 0 Å². The van der Waals surface area contributed by atoms with Crippen LogP contribution in [0.4, 0.5) is 10.1 Å². The summed E-state index contributed by atoms with van der Waals surface area (Å²) < 4.78 is 20.5. The summed E-state index contributed by atoms with van der Waals surface area (Å²) in [4.78, 5) is 13.5. The van der Waals surface area contributed by atoms with Crippen LogP contribution in [0.25, 0.3) is 0 Å². The van der Waals surface area contributed by atoms with Crippen LogP contribution in [-0.4, -0.2) is 39.3 Å². The summed E-state index contributed by atoms with van der Waals surface area (Å²) in [6.07, 6.45) is 1.33. The summed E-state index contributed by atoms with van der Waals surface area (Å²) in [5.74, 6) is -0.402. The van der Waals surface area contributed by atoms with E-state index in [-0.39, 0.29) is 18.1 Å². The Morgan fingerprint density at radius 1 is 1.47 bits per heavy atom. The van der Waals surface area contributed by atoms with Crippen molar-refractivity contribution >= 4 is 11.6 Å². The lowest BCUT2D eigenvalue weighted by molar-refractivity contribution is -0.119. The first kappa shape index (κ1) is 11.6. The van der Waals surface area contributed by atoms with Gasteiger partial charge in [-0.25, -0.2) is 9.07 Å². The van der Waals surface area contributed by atoms with Crippen molar-refractivity contribution in [3.63, 3.8) is 0 Å². The fourth-order valence-electron chi connectivity index (χ4n) is 1.96. The molecule has 2 heterocycles. The van der Waals surface area contributed by atoms with Gasteiger partial charge in [0, 0.05) is 0 Å². The van der Waals surface area contributed by atoms with Gasteiger partial charge in [-0.1, -0.05) is 6.07 Å². The number of aromatic nitrogens is 4. The normalized spacial score (nSPS) is 13.8. The van der Waals surface area contributed by atoms with E-state index < -0.39 is 5.82 Å². The molecule has 0 saturated carbocycles. The molecular formula is C11H10FN5O2. The van der Waals surface area contributed by atoms with Crippen LogP contribution in [-0.2, 0) is 11.3 Å². The molecule has 0 atom stereocenters. The molecule has 19 heavy (non-hydrogen) atoms. The van der Waals surface area contributed by atoms with Crippen LogP contribution in [0.15, 0.2) is 24.5 Å². The number of amides is 1. The standard InChI is InChI=1S/C11H10FN5O2/c12-8-2-1-3-9-11(8)17(4-5-19-9)10(18)6-16-7-13-14-15-16/h1-3,7H,4-6H2. The van der Waals surface area contributed by atoms with Crippen LogP contribution in [0.2, 0.25) is 0 Å². The number of fused-ring (bicyclic) bond motifs is 1. The molecule has 1 aromatic carbocycles. The average molecular weight is 263 g/mol. The minimum Gasteiger partial charge on any atom is -0.489 e. The summed E-state index contributed by atoms with van der Waals surface area (Å²) in [6, 6.07) is 4.48. The average Bonchev–Trinajstić information content (AvgIpc) is 2.91. The Balaban J connectivity index is 1.89. The summed E-state index contributed by atoms with van der Waals surface area (Å²) in [5, 5.41) is 10.5. The molecule has 0 spiro atoms. The van der Waals surface area contributed by atoms with Gasteiger partial charge in [-0.2, -0.15) is 0 Å². The quantitative estimate of drug-likeness (QED) is 0.776. The minimum atomic E-state index is -0.484. The van der Waals surface area contributed by atoms with Crippen LogP contribution in [0, 0.1) is 5.82 Å². The van der Waals surface area contributed by atoms with Crippen LogP contribution in [0.5, 0.6) is 5.75 Å². The van der Waals surface area contributed by atoms with Crippen molar-refractivity contribution in [1.82, 2.24) is 20.2 Å². The molecule has 1 aliphatic heterocycles.